The van der Waals surface area contributed by atoms with Crippen LogP contribution in [0.4, 0.5) is 32.2 Å². The first-order valence-corrected chi connectivity index (χ1v) is 12.8. The number of carbonyl (C=O) groups excluding carboxylic acids is 1. The normalized spacial score (nSPS) is 14.4. The minimum Gasteiger partial charge on any atom is -0.392 e. The Bertz CT molecular complexity index is 1370. The summed E-state index contributed by atoms with van der Waals surface area (Å²) in [6.07, 6.45) is -3.37. The molecule has 0 bridgehead atoms. The maximum atomic E-state index is 13.0. The van der Waals surface area contributed by atoms with Crippen molar-refractivity contribution in [3.8, 4) is 0 Å². The molecule has 0 radical (unpaired) electrons. The summed E-state index contributed by atoms with van der Waals surface area (Å²) in [6.45, 7) is 1.48. The second-order valence-electron chi connectivity index (χ2n) is 9.21. The van der Waals surface area contributed by atoms with Gasteiger partial charge in [0.25, 0.3) is 0 Å². The van der Waals surface area contributed by atoms with Gasteiger partial charge in [0.1, 0.15) is 5.82 Å². The predicted octanol–water partition coefficient (Wildman–Crippen LogP) is 6.60. The molecule has 0 atom stereocenters. The molecule has 0 aliphatic carbocycles. The Kier molecular flexibility index (Phi) is 9.08. The minimum atomic E-state index is -4.54. The highest BCUT2D eigenvalue weighted by atomic mass is 35.5. The predicted molar refractivity (Wildman–Crippen MR) is 143 cm³/mol. The van der Waals surface area contributed by atoms with Crippen molar-refractivity contribution in [3.05, 3.63) is 112 Å². The number of aromatic nitrogens is 1. The van der Waals surface area contributed by atoms with Gasteiger partial charge in [0, 0.05) is 38.5 Å². The van der Waals surface area contributed by atoms with E-state index in [0.29, 0.717) is 59.3 Å². The van der Waals surface area contributed by atoms with Crippen molar-refractivity contribution in [2.45, 2.75) is 19.0 Å². The second kappa shape index (κ2) is 12.4. The molecular weight excluding hydrogens is 572 g/mol. The number of carbonyl (C=O) groups is 1. The van der Waals surface area contributed by atoms with Crippen LogP contribution >= 0.6 is 11.6 Å². The van der Waals surface area contributed by atoms with Gasteiger partial charge in [0.2, 0.25) is 5.91 Å². The highest BCUT2D eigenvalue weighted by Gasteiger charge is 2.31. The number of piperazine rings is 1. The fraction of sp³-hybridized carbons (Fsp3) is 0.241. The zero-order valence-electron chi connectivity index (χ0n) is 21.4. The first-order valence-electron chi connectivity index (χ1n) is 12.4. The number of halogens is 7. The molecule has 1 amide bonds. The number of alkyl halides is 6. The summed E-state index contributed by atoms with van der Waals surface area (Å²) in [6, 6.07) is 10.1. The van der Waals surface area contributed by atoms with Crippen LogP contribution in [0, 0.1) is 0 Å². The number of rotatable bonds is 6. The lowest BCUT2D eigenvalue weighted by molar-refractivity contribution is -0.138. The van der Waals surface area contributed by atoms with Gasteiger partial charge in [-0.25, -0.2) is 4.98 Å². The van der Waals surface area contributed by atoms with Gasteiger partial charge in [-0.1, -0.05) is 48.0 Å². The summed E-state index contributed by atoms with van der Waals surface area (Å²) < 4.78 is 78.3. The van der Waals surface area contributed by atoms with Crippen molar-refractivity contribution in [3.63, 3.8) is 0 Å². The third-order valence-electron chi connectivity index (χ3n) is 6.50. The molecule has 0 saturated carbocycles. The third kappa shape index (κ3) is 7.47. The van der Waals surface area contributed by atoms with Crippen LogP contribution in [-0.2, 0) is 23.8 Å². The van der Waals surface area contributed by atoms with Crippen molar-refractivity contribution in [2.75, 3.05) is 31.1 Å². The first-order chi connectivity index (χ1) is 19.4. The molecule has 41 heavy (non-hydrogen) atoms. The zero-order chi connectivity index (χ0) is 29.8. The van der Waals surface area contributed by atoms with Crippen LogP contribution in [0.3, 0.4) is 0 Å². The summed E-state index contributed by atoms with van der Waals surface area (Å²) in [5.74, 6) is 0.238. The van der Waals surface area contributed by atoms with E-state index in [1.165, 1.54) is 48.7 Å². The highest BCUT2D eigenvalue weighted by Crippen LogP contribution is 2.34. The van der Waals surface area contributed by atoms with E-state index in [1.807, 2.05) is 4.90 Å². The summed E-state index contributed by atoms with van der Waals surface area (Å²) in [5.41, 5.74) is -0.136. The van der Waals surface area contributed by atoms with Crippen LogP contribution in [0.25, 0.3) is 5.57 Å². The van der Waals surface area contributed by atoms with E-state index >= 15 is 0 Å². The number of anilines is 1. The van der Waals surface area contributed by atoms with Crippen LogP contribution < -0.4 is 4.90 Å². The zero-order valence-corrected chi connectivity index (χ0v) is 22.1. The molecule has 3 aromatic rings. The van der Waals surface area contributed by atoms with Gasteiger partial charge in [-0.05, 0) is 52.6 Å². The smallest absolute Gasteiger partial charge is 0.392 e. The van der Waals surface area contributed by atoms with Gasteiger partial charge in [-0.15, -0.1) is 0 Å². The maximum absolute atomic E-state index is 13.0. The number of allylic oxidation sites excluding steroid dienone is 2. The van der Waals surface area contributed by atoms with Gasteiger partial charge >= 0.3 is 12.4 Å². The number of aliphatic hydroxyl groups excluding tert-OH is 1. The van der Waals surface area contributed by atoms with E-state index in [4.69, 9.17) is 11.6 Å². The van der Waals surface area contributed by atoms with Crippen LogP contribution in [0.1, 0.15) is 27.8 Å². The van der Waals surface area contributed by atoms with Crippen molar-refractivity contribution in [1.82, 2.24) is 9.88 Å². The Labute approximate surface area is 237 Å². The fourth-order valence-electron chi connectivity index (χ4n) is 4.30. The number of aliphatic hydroxyl groups is 1. The summed E-state index contributed by atoms with van der Waals surface area (Å²) in [5, 5.41) is 9.61. The molecule has 1 aromatic heterocycles. The van der Waals surface area contributed by atoms with E-state index < -0.39 is 23.5 Å². The number of pyridine rings is 1. The van der Waals surface area contributed by atoms with Crippen molar-refractivity contribution < 1.29 is 36.2 Å². The van der Waals surface area contributed by atoms with Gasteiger partial charge in [0.15, 0.2) is 0 Å². The molecule has 0 spiro atoms. The van der Waals surface area contributed by atoms with Crippen LogP contribution in [0.2, 0.25) is 5.02 Å². The number of hydrogen-bond acceptors (Lipinski definition) is 4. The van der Waals surface area contributed by atoms with E-state index in [2.05, 4.69) is 4.98 Å². The topological polar surface area (TPSA) is 56.7 Å². The Morgan fingerprint density at radius 3 is 1.83 bits per heavy atom. The molecule has 4 rings (SSSR count). The van der Waals surface area contributed by atoms with E-state index in [0.717, 1.165) is 24.3 Å². The lowest BCUT2D eigenvalue weighted by Gasteiger charge is -2.35. The molecule has 1 fully saturated rings. The molecule has 1 aliphatic heterocycles. The molecule has 2 heterocycles. The average molecular weight is 596 g/mol. The van der Waals surface area contributed by atoms with Crippen LogP contribution in [-0.4, -0.2) is 47.1 Å². The number of hydrogen-bond donors (Lipinski definition) is 1. The standard InChI is InChI=1S/C29H24ClF6N3O2/c30-25-16-19(18-40)17-37-27(25)39-14-12-38(13-15-39)26(41)3-1-2-24(20-4-8-22(9-5-20)28(31,32)33)21-6-10-23(11-7-21)29(34,35)36/h1-11,16-17,40H,12-15,18H2. The average Bonchev–Trinajstić information content (AvgIpc) is 2.94. The van der Waals surface area contributed by atoms with E-state index in [1.54, 1.807) is 11.0 Å². The molecule has 12 heteroatoms. The molecule has 0 unspecified atom stereocenters. The van der Waals surface area contributed by atoms with Gasteiger partial charge in [0.05, 0.1) is 22.8 Å². The summed E-state index contributed by atoms with van der Waals surface area (Å²) in [4.78, 5) is 20.6. The minimum absolute atomic E-state index is 0.185. The molecule has 2 aromatic carbocycles. The van der Waals surface area contributed by atoms with Crippen molar-refractivity contribution in [1.29, 1.82) is 0 Å². The maximum Gasteiger partial charge on any atom is 0.416 e. The molecule has 1 saturated heterocycles. The third-order valence-corrected chi connectivity index (χ3v) is 6.78. The number of amides is 1. The quantitative estimate of drug-likeness (QED) is 0.198. The highest BCUT2D eigenvalue weighted by molar-refractivity contribution is 6.33. The van der Waals surface area contributed by atoms with Crippen LogP contribution in [0.5, 0.6) is 0 Å². The molecular formula is C29H24ClF6N3O2. The van der Waals surface area contributed by atoms with Crippen molar-refractivity contribution in [2.24, 2.45) is 0 Å². The Morgan fingerprint density at radius 2 is 1.39 bits per heavy atom. The molecule has 1 N–H and O–H groups in total. The molecule has 1 aliphatic rings. The van der Waals surface area contributed by atoms with Crippen LogP contribution in [0.15, 0.2) is 79.0 Å². The summed E-state index contributed by atoms with van der Waals surface area (Å²) >= 11 is 6.28. The van der Waals surface area contributed by atoms with E-state index in [9.17, 15) is 36.2 Å². The number of benzene rings is 2. The Morgan fingerprint density at radius 1 is 0.878 bits per heavy atom. The fourth-order valence-corrected chi connectivity index (χ4v) is 4.61. The first kappa shape index (κ1) is 30.1. The molecule has 5 nitrogen and oxygen atoms in total. The van der Waals surface area contributed by atoms with Gasteiger partial charge < -0.3 is 14.9 Å². The summed E-state index contributed by atoms with van der Waals surface area (Å²) in [7, 11) is 0. The van der Waals surface area contributed by atoms with Crippen molar-refractivity contribution >= 4 is 28.9 Å². The SMILES string of the molecule is O=C(C=CC=C(c1ccc(C(F)(F)F)cc1)c1ccc(C(F)(F)F)cc1)N1CCN(c2ncc(CO)cc2Cl)CC1. The monoisotopic (exact) mass is 595 g/mol. The van der Waals surface area contributed by atoms with Gasteiger partial charge in [-0.2, -0.15) is 26.3 Å². The van der Waals surface area contributed by atoms with Gasteiger partial charge in [-0.3, -0.25) is 4.79 Å². The Hall–Kier alpha value is -3.83. The Balaban J connectivity index is 1.51. The molecule has 216 valence electrons. The van der Waals surface area contributed by atoms with E-state index in [-0.39, 0.29) is 12.5 Å². The number of nitrogens with zero attached hydrogens (tertiary/aromatic N) is 3. The largest absolute Gasteiger partial charge is 0.416 e. The second-order valence-corrected chi connectivity index (χ2v) is 9.62. The lowest BCUT2D eigenvalue weighted by atomic mass is 9.95. The lowest BCUT2D eigenvalue weighted by Crippen LogP contribution is -2.48.